The van der Waals surface area contributed by atoms with Crippen molar-refractivity contribution in [1.82, 2.24) is 0 Å². The number of alkyl halides is 2. The number of piperidine rings is 1. The lowest BCUT2D eigenvalue weighted by atomic mass is 10.0. The highest BCUT2D eigenvalue weighted by Gasteiger charge is 2.40. The lowest BCUT2D eigenvalue weighted by molar-refractivity contribution is -0.145. The summed E-state index contributed by atoms with van der Waals surface area (Å²) >= 11 is 0. The van der Waals surface area contributed by atoms with E-state index in [9.17, 15) is 18.7 Å². The molecule has 4 nitrogen and oxygen atoms in total. The third kappa shape index (κ3) is 5.75. The predicted molar refractivity (Wildman–Crippen MR) is 106 cm³/mol. The first-order valence-electron chi connectivity index (χ1n) is 9.43. The Morgan fingerprint density at radius 1 is 1.22 bits per heavy atom. The maximum atomic E-state index is 13.3. The van der Waals surface area contributed by atoms with Gasteiger partial charge in [-0.15, -0.1) is 0 Å². The second kappa shape index (κ2) is 7.87. The fourth-order valence-electron chi connectivity index (χ4n) is 2.86. The van der Waals surface area contributed by atoms with E-state index in [0.717, 1.165) is 11.3 Å². The molecule has 1 heterocycles. The molecule has 1 aromatic rings. The minimum absolute atomic E-state index is 0.0686. The number of rotatable bonds is 6. The lowest BCUT2D eigenvalue weighted by Gasteiger charge is -2.38. The number of halogens is 2. The largest absolute Gasteiger partial charge is 0.479 e. The van der Waals surface area contributed by atoms with Crippen molar-refractivity contribution in [1.29, 1.82) is 0 Å². The van der Waals surface area contributed by atoms with Crippen LogP contribution in [0.2, 0.25) is 18.1 Å². The summed E-state index contributed by atoms with van der Waals surface area (Å²) < 4.78 is 32.7. The monoisotopic (exact) mass is 399 g/mol. The maximum Gasteiger partial charge on any atom is 0.331 e. The van der Waals surface area contributed by atoms with Gasteiger partial charge in [0.15, 0.2) is 8.32 Å². The summed E-state index contributed by atoms with van der Waals surface area (Å²) in [5.41, 5.74) is 1.76. The Kier molecular flexibility index (Phi) is 6.36. The number of hydrogen-bond donors (Lipinski definition) is 1. The summed E-state index contributed by atoms with van der Waals surface area (Å²) in [4.78, 5) is 13.6. The topological polar surface area (TPSA) is 49.8 Å². The van der Waals surface area contributed by atoms with E-state index in [0.29, 0.717) is 19.5 Å². The smallest absolute Gasteiger partial charge is 0.331 e. The highest BCUT2D eigenvalue weighted by molar-refractivity contribution is 6.74. The third-order valence-corrected chi connectivity index (χ3v) is 10.2. The molecule has 0 saturated carbocycles. The van der Waals surface area contributed by atoms with Crippen molar-refractivity contribution in [3.05, 3.63) is 29.8 Å². The molecule has 0 aliphatic carbocycles. The third-order valence-electron chi connectivity index (χ3n) is 5.74. The molecule has 1 atom stereocenters. The van der Waals surface area contributed by atoms with Crippen LogP contribution in [0.4, 0.5) is 14.5 Å². The van der Waals surface area contributed by atoms with Crippen molar-refractivity contribution in [2.75, 3.05) is 18.0 Å². The van der Waals surface area contributed by atoms with Gasteiger partial charge in [-0.05, 0) is 35.8 Å². The van der Waals surface area contributed by atoms with E-state index >= 15 is 0 Å². The first-order chi connectivity index (χ1) is 12.3. The average Bonchev–Trinajstić information content (AvgIpc) is 2.54. The summed E-state index contributed by atoms with van der Waals surface area (Å²) in [6, 6.07) is 7.49. The Balaban J connectivity index is 2.04. The first kappa shape index (κ1) is 21.8. The Hall–Kier alpha value is -1.47. The fraction of sp³-hybridized carbons (Fsp3) is 0.650. The van der Waals surface area contributed by atoms with E-state index in [1.165, 1.54) is 0 Å². The molecule has 1 aliphatic heterocycles. The molecule has 0 amide bonds. The molecule has 152 valence electrons. The van der Waals surface area contributed by atoms with Crippen molar-refractivity contribution in [2.24, 2.45) is 0 Å². The van der Waals surface area contributed by atoms with Crippen LogP contribution in [0, 0.1) is 0 Å². The number of nitrogens with zero attached hydrogens (tertiary/aromatic N) is 1. The van der Waals surface area contributed by atoms with Crippen LogP contribution in [0.5, 0.6) is 0 Å². The first-order valence-corrected chi connectivity index (χ1v) is 12.3. The predicted octanol–water partition coefficient (Wildman–Crippen LogP) is 4.94. The average molecular weight is 400 g/mol. The molecule has 0 aromatic heterocycles. The van der Waals surface area contributed by atoms with Gasteiger partial charge < -0.3 is 14.4 Å². The molecular formula is C20H31F2NO3Si. The van der Waals surface area contributed by atoms with Gasteiger partial charge in [-0.2, -0.15) is 0 Å². The molecular weight excluding hydrogens is 368 g/mol. The number of benzene rings is 1. The maximum absolute atomic E-state index is 13.3. The Labute approximate surface area is 161 Å². The molecule has 0 bridgehead atoms. The summed E-state index contributed by atoms with van der Waals surface area (Å²) in [5, 5.41) is 9.52. The molecule has 7 heteroatoms. The zero-order chi connectivity index (χ0) is 20.5. The Morgan fingerprint density at radius 2 is 1.74 bits per heavy atom. The van der Waals surface area contributed by atoms with Crippen molar-refractivity contribution < 1.29 is 23.1 Å². The highest BCUT2D eigenvalue weighted by Crippen LogP contribution is 2.37. The number of aliphatic carboxylic acids is 1. The van der Waals surface area contributed by atoms with Crippen molar-refractivity contribution >= 4 is 20.0 Å². The van der Waals surface area contributed by atoms with Crippen molar-refractivity contribution in [3.8, 4) is 0 Å². The SMILES string of the molecule is CC(C)(C)[Si](C)(C)O[C@H](Cc1ccc(N2CCC(F)(F)CC2)cc1)C(=O)O. The van der Waals surface area contributed by atoms with E-state index in [4.69, 9.17) is 4.43 Å². The second-order valence-electron chi connectivity index (χ2n) is 8.92. The van der Waals surface area contributed by atoms with Crippen LogP contribution in [0.3, 0.4) is 0 Å². The van der Waals surface area contributed by atoms with Gasteiger partial charge in [-0.25, -0.2) is 13.6 Å². The van der Waals surface area contributed by atoms with Gasteiger partial charge in [-0.3, -0.25) is 0 Å². The fourth-order valence-corrected chi connectivity index (χ4v) is 4.11. The molecule has 1 aromatic carbocycles. The highest BCUT2D eigenvalue weighted by atomic mass is 28.4. The van der Waals surface area contributed by atoms with Crippen LogP contribution in [0.15, 0.2) is 24.3 Å². The molecule has 1 fully saturated rings. The van der Waals surface area contributed by atoms with Crippen molar-refractivity contribution in [3.63, 3.8) is 0 Å². The number of carboxylic acids is 1. The van der Waals surface area contributed by atoms with Gasteiger partial charge >= 0.3 is 5.97 Å². The number of hydrogen-bond acceptors (Lipinski definition) is 3. The number of anilines is 1. The molecule has 1 aliphatic rings. The zero-order valence-electron chi connectivity index (χ0n) is 16.9. The Bertz CT molecular complexity index is 646. The van der Waals surface area contributed by atoms with E-state index < -0.39 is 26.3 Å². The van der Waals surface area contributed by atoms with Gasteiger partial charge in [0, 0.05) is 38.0 Å². The van der Waals surface area contributed by atoms with Crippen LogP contribution in [0.1, 0.15) is 39.2 Å². The molecule has 1 N–H and O–H groups in total. The normalized spacial score (nSPS) is 19.0. The van der Waals surface area contributed by atoms with E-state index in [2.05, 4.69) is 20.8 Å². The van der Waals surface area contributed by atoms with E-state index in [1.54, 1.807) is 0 Å². The van der Waals surface area contributed by atoms with Crippen molar-refractivity contribution in [2.45, 2.75) is 70.2 Å². The molecule has 0 unspecified atom stereocenters. The summed E-state index contributed by atoms with van der Waals surface area (Å²) in [7, 11) is -2.20. The minimum atomic E-state index is -2.56. The van der Waals surface area contributed by atoms with Crippen LogP contribution in [-0.2, 0) is 15.6 Å². The van der Waals surface area contributed by atoms with Crippen LogP contribution < -0.4 is 4.90 Å². The van der Waals surface area contributed by atoms with E-state index in [1.807, 2.05) is 42.3 Å². The van der Waals surface area contributed by atoms with Gasteiger partial charge in [0.2, 0.25) is 0 Å². The van der Waals surface area contributed by atoms with E-state index in [-0.39, 0.29) is 17.9 Å². The second-order valence-corrected chi connectivity index (χ2v) is 13.7. The molecule has 2 rings (SSSR count). The van der Waals surface area contributed by atoms with Gasteiger partial charge in [0.1, 0.15) is 6.10 Å². The summed E-state index contributed by atoms with van der Waals surface area (Å²) in [6.45, 7) is 11.0. The van der Waals surface area contributed by atoms with Crippen LogP contribution >= 0.6 is 0 Å². The summed E-state index contributed by atoms with van der Waals surface area (Å²) in [6.07, 6.45) is -0.850. The molecule has 0 spiro atoms. The van der Waals surface area contributed by atoms with Crippen LogP contribution in [0.25, 0.3) is 0 Å². The van der Waals surface area contributed by atoms with Gasteiger partial charge in [-0.1, -0.05) is 32.9 Å². The zero-order valence-corrected chi connectivity index (χ0v) is 17.9. The number of carboxylic acid groups (broad SMARTS) is 1. The van der Waals surface area contributed by atoms with Gasteiger partial charge in [0.05, 0.1) is 0 Å². The number of carbonyl (C=O) groups is 1. The minimum Gasteiger partial charge on any atom is -0.479 e. The standard InChI is InChI=1S/C20H31F2NO3Si/c1-19(2,3)27(4,5)26-17(18(24)25)14-15-6-8-16(9-7-15)23-12-10-20(21,22)11-13-23/h6-9,17H,10-14H2,1-5H3,(H,24,25)/t17-/m1/s1. The lowest BCUT2D eigenvalue weighted by Crippen LogP contribution is -2.46. The van der Waals surface area contributed by atoms with Gasteiger partial charge in [0.25, 0.3) is 5.92 Å². The molecule has 1 saturated heterocycles. The van der Waals surface area contributed by atoms with Crippen LogP contribution in [-0.4, -0.2) is 44.5 Å². The summed E-state index contributed by atoms with van der Waals surface area (Å²) in [5.74, 6) is -3.52. The molecule has 27 heavy (non-hydrogen) atoms. The quantitative estimate of drug-likeness (QED) is 0.689. The molecule has 0 radical (unpaired) electrons. The Morgan fingerprint density at radius 3 is 2.19 bits per heavy atom.